The molecule has 1 aromatic carbocycles. The molecule has 1 aromatic rings. The lowest BCUT2D eigenvalue weighted by molar-refractivity contribution is 0.0450. The van der Waals surface area contributed by atoms with E-state index in [1.165, 1.54) is 0 Å². The molecule has 0 fully saturated rings. The van der Waals surface area contributed by atoms with Gasteiger partial charge in [-0.25, -0.2) is 0 Å². The third-order valence-electron chi connectivity index (χ3n) is 1.54. The van der Waals surface area contributed by atoms with Crippen molar-refractivity contribution in [2.45, 2.75) is 6.35 Å². The predicted molar refractivity (Wildman–Crippen MR) is 39.4 cm³/mol. The smallest absolute Gasteiger partial charge is 0.249 e. The van der Waals surface area contributed by atoms with Crippen molar-refractivity contribution in [3.05, 3.63) is 24.3 Å². The number of para-hydroxylation sites is 2. The number of hydroxylamine groups is 1. The number of hydrogen-bond acceptors (Lipinski definition) is 4. The van der Waals surface area contributed by atoms with Crippen molar-refractivity contribution in [2.75, 3.05) is 5.32 Å². The fraction of sp³-hybridized carbons (Fsp3) is 0.143. The molecule has 1 aliphatic rings. The predicted octanol–water partition coefficient (Wildman–Crippen LogP) is 0.753. The van der Waals surface area contributed by atoms with Gasteiger partial charge in [0.1, 0.15) is 5.75 Å². The Morgan fingerprint density at radius 2 is 2.27 bits per heavy atom. The second-order valence-corrected chi connectivity index (χ2v) is 2.27. The molecule has 3 N–H and O–H groups in total. The van der Waals surface area contributed by atoms with E-state index >= 15 is 0 Å². The summed E-state index contributed by atoms with van der Waals surface area (Å²) in [5, 5.41) is 11.4. The Kier molecular flexibility index (Phi) is 1.41. The number of fused-ring (bicyclic) bond motifs is 1. The first-order valence-corrected chi connectivity index (χ1v) is 3.32. The second-order valence-electron chi connectivity index (χ2n) is 2.27. The summed E-state index contributed by atoms with van der Waals surface area (Å²) in [6.07, 6.45) is -0.521. The van der Waals surface area contributed by atoms with Gasteiger partial charge in [0.2, 0.25) is 6.35 Å². The first-order chi connectivity index (χ1) is 5.40. The fourth-order valence-corrected chi connectivity index (χ4v) is 1.04. The largest absolute Gasteiger partial charge is 0.453 e. The highest BCUT2D eigenvalue weighted by Gasteiger charge is 2.19. The number of benzene rings is 1. The fourth-order valence-electron chi connectivity index (χ4n) is 1.04. The SMILES string of the molecule is ONC1Nc2ccccc2O1. The van der Waals surface area contributed by atoms with Gasteiger partial charge >= 0.3 is 0 Å². The number of anilines is 1. The first kappa shape index (κ1) is 6.45. The van der Waals surface area contributed by atoms with Crippen LogP contribution in [0.4, 0.5) is 5.69 Å². The molecular formula is C7H8N2O2. The molecule has 1 unspecified atom stereocenters. The minimum atomic E-state index is -0.521. The van der Waals surface area contributed by atoms with Gasteiger partial charge in [-0.15, -0.1) is 5.48 Å². The molecular weight excluding hydrogens is 144 g/mol. The van der Waals surface area contributed by atoms with Gasteiger partial charge in [-0.3, -0.25) is 0 Å². The van der Waals surface area contributed by atoms with E-state index in [1.807, 2.05) is 29.7 Å². The van der Waals surface area contributed by atoms with Gasteiger partial charge in [-0.05, 0) is 12.1 Å². The first-order valence-electron chi connectivity index (χ1n) is 3.32. The zero-order chi connectivity index (χ0) is 7.68. The van der Waals surface area contributed by atoms with Gasteiger partial charge in [0.25, 0.3) is 0 Å². The van der Waals surface area contributed by atoms with E-state index in [9.17, 15) is 0 Å². The molecule has 11 heavy (non-hydrogen) atoms. The average molecular weight is 152 g/mol. The molecule has 1 heterocycles. The molecule has 0 amide bonds. The van der Waals surface area contributed by atoms with Crippen LogP contribution in [0.5, 0.6) is 5.75 Å². The molecule has 1 aliphatic heterocycles. The number of rotatable bonds is 1. The Labute approximate surface area is 63.8 Å². The Hall–Kier alpha value is -1.26. The van der Waals surface area contributed by atoms with Crippen LogP contribution in [0.1, 0.15) is 0 Å². The molecule has 0 saturated heterocycles. The maximum absolute atomic E-state index is 8.50. The van der Waals surface area contributed by atoms with E-state index in [0.29, 0.717) is 0 Å². The number of ether oxygens (including phenoxy) is 1. The monoisotopic (exact) mass is 152 g/mol. The summed E-state index contributed by atoms with van der Waals surface area (Å²) >= 11 is 0. The summed E-state index contributed by atoms with van der Waals surface area (Å²) in [5.41, 5.74) is 2.87. The van der Waals surface area contributed by atoms with Crippen LogP contribution in [0, 0.1) is 0 Å². The van der Waals surface area contributed by atoms with E-state index in [2.05, 4.69) is 5.32 Å². The maximum Gasteiger partial charge on any atom is 0.249 e. The van der Waals surface area contributed by atoms with Crippen LogP contribution >= 0.6 is 0 Å². The van der Waals surface area contributed by atoms with Gasteiger partial charge in [0, 0.05) is 0 Å². The summed E-state index contributed by atoms with van der Waals surface area (Å²) in [5.74, 6) is 0.749. The summed E-state index contributed by atoms with van der Waals surface area (Å²) in [6.45, 7) is 0. The topological polar surface area (TPSA) is 53.5 Å². The van der Waals surface area contributed by atoms with Crippen LogP contribution in [0.3, 0.4) is 0 Å². The second kappa shape index (κ2) is 2.41. The highest BCUT2D eigenvalue weighted by Crippen LogP contribution is 2.29. The average Bonchev–Trinajstić information content (AvgIpc) is 2.46. The summed E-state index contributed by atoms with van der Waals surface area (Å²) in [4.78, 5) is 0. The third-order valence-corrected chi connectivity index (χ3v) is 1.54. The minimum Gasteiger partial charge on any atom is -0.453 e. The van der Waals surface area contributed by atoms with Gasteiger partial charge in [0.05, 0.1) is 5.69 Å². The van der Waals surface area contributed by atoms with Crippen LogP contribution in [-0.4, -0.2) is 11.6 Å². The van der Waals surface area contributed by atoms with Crippen LogP contribution in [0.15, 0.2) is 24.3 Å². The molecule has 1 atom stereocenters. The standard InChI is InChI=1S/C7H8N2O2/c10-9-7-8-5-3-1-2-4-6(5)11-7/h1-4,7-10H. The number of nitrogens with one attached hydrogen (secondary N) is 2. The van der Waals surface area contributed by atoms with Gasteiger partial charge in [-0.1, -0.05) is 12.1 Å². The normalized spacial score (nSPS) is 20.3. The Balaban J connectivity index is 2.27. The summed E-state index contributed by atoms with van der Waals surface area (Å²) < 4.78 is 5.18. The molecule has 4 nitrogen and oxygen atoms in total. The lowest BCUT2D eigenvalue weighted by Gasteiger charge is -2.06. The minimum absolute atomic E-state index is 0.521. The quantitative estimate of drug-likeness (QED) is 0.520. The van der Waals surface area contributed by atoms with Crippen molar-refractivity contribution < 1.29 is 9.94 Å². The van der Waals surface area contributed by atoms with Gasteiger partial charge < -0.3 is 15.3 Å². The van der Waals surface area contributed by atoms with Crippen LogP contribution < -0.4 is 15.5 Å². The van der Waals surface area contributed by atoms with E-state index < -0.39 is 6.35 Å². The van der Waals surface area contributed by atoms with Crippen molar-refractivity contribution in [1.29, 1.82) is 0 Å². The zero-order valence-electron chi connectivity index (χ0n) is 5.74. The summed E-state index contributed by atoms with van der Waals surface area (Å²) in [6, 6.07) is 7.49. The molecule has 0 spiro atoms. The van der Waals surface area contributed by atoms with E-state index in [1.54, 1.807) is 0 Å². The van der Waals surface area contributed by atoms with E-state index in [0.717, 1.165) is 11.4 Å². The zero-order valence-corrected chi connectivity index (χ0v) is 5.74. The van der Waals surface area contributed by atoms with Crippen molar-refractivity contribution in [3.8, 4) is 5.75 Å². The van der Waals surface area contributed by atoms with Crippen molar-refractivity contribution in [3.63, 3.8) is 0 Å². The van der Waals surface area contributed by atoms with Gasteiger partial charge in [0.15, 0.2) is 0 Å². The van der Waals surface area contributed by atoms with Crippen LogP contribution in [-0.2, 0) is 0 Å². The molecule has 4 heteroatoms. The third kappa shape index (κ3) is 1.02. The highest BCUT2D eigenvalue weighted by molar-refractivity contribution is 5.59. The van der Waals surface area contributed by atoms with E-state index in [4.69, 9.17) is 9.94 Å². The van der Waals surface area contributed by atoms with Crippen molar-refractivity contribution in [1.82, 2.24) is 5.48 Å². The molecule has 0 bridgehead atoms. The Bertz CT molecular complexity index is 239. The lowest BCUT2D eigenvalue weighted by atomic mass is 10.3. The highest BCUT2D eigenvalue weighted by atomic mass is 16.6. The van der Waals surface area contributed by atoms with Crippen LogP contribution in [0.2, 0.25) is 0 Å². The Morgan fingerprint density at radius 3 is 3.00 bits per heavy atom. The summed E-state index contributed by atoms with van der Waals surface area (Å²) in [7, 11) is 0. The lowest BCUT2D eigenvalue weighted by Crippen LogP contribution is -2.34. The maximum atomic E-state index is 8.50. The van der Waals surface area contributed by atoms with Gasteiger partial charge in [-0.2, -0.15) is 0 Å². The molecule has 0 aromatic heterocycles. The molecule has 0 aliphatic carbocycles. The molecule has 2 rings (SSSR count). The van der Waals surface area contributed by atoms with Crippen molar-refractivity contribution >= 4 is 5.69 Å². The van der Waals surface area contributed by atoms with E-state index in [-0.39, 0.29) is 0 Å². The molecule has 0 saturated carbocycles. The van der Waals surface area contributed by atoms with Crippen LogP contribution in [0.25, 0.3) is 0 Å². The van der Waals surface area contributed by atoms with Crippen molar-refractivity contribution in [2.24, 2.45) is 0 Å². The molecule has 58 valence electrons. The molecule has 0 radical (unpaired) electrons. The Morgan fingerprint density at radius 1 is 1.45 bits per heavy atom. The number of hydrogen-bond donors (Lipinski definition) is 3.